The molecule has 1 N–H and O–H groups in total. The normalized spacial score (nSPS) is 27.3. The number of likely N-dealkylation sites (N-methyl/N-ethyl adjacent to an activating group) is 1. The lowest BCUT2D eigenvalue weighted by Gasteiger charge is -2.29. The zero-order chi connectivity index (χ0) is 19.8. The first-order chi connectivity index (χ1) is 13.5. The van der Waals surface area contributed by atoms with Crippen LogP contribution in [0.2, 0.25) is 0 Å². The van der Waals surface area contributed by atoms with Gasteiger partial charge in [0, 0.05) is 24.6 Å². The third-order valence-electron chi connectivity index (χ3n) is 6.27. The van der Waals surface area contributed by atoms with Gasteiger partial charge in [-0.3, -0.25) is 19.7 Å². The third-order valence-corrected chi connectivity index (χ3v) is 6.27. The van der Waals surface area contributed by atoms with E-state index in [1.165, 1.54) is 0 Å². The van der Waals surface area contributed by atoms with E-state index in [2.05, 4.69) is 24.2 Å². The van der Waals surface area contributed by atoms with Crippen LogP contribution in [0.1, 0.15) is 54.9 Å². The minimum Gasteiger partial charge on any atom is -0.489 e. The molecule has 2 heterocycles. The van der Waals surface area contributed by atoms with Crippen molar-refractivity contribution in [3.8, 4) is 5.75 Å². The molecule has 0 bridgehead atoms. The number of benzene rings is 1. The molecule has 3 aliphatic rings. The highest BCUT2D eigenvalue weighted by Crippen LogP contribution is 2.32. The molecule has 0 aromatic heterocycles. The van der Waals surface area contributed by atoms with Gasteiger partial charge in [-0.1, -0.05) is 6.92 Å². The topological polar surface area (TPSA) is 79.0 Å². The highest BCUT2D eigenvalue weighted by Gasteiger charge is 2.39. The van der Waals surface area contributed by atoms with E-state index < -0.39 is 6.04 Å². The van der Waals surface area contributed by atoms with Crippen LogP contribution in [-0.4, -0.2) is 59.3 Å². The molecule has 2 aliphatic heterocycles. The lowest BCUT2D eigenvalue weighted by Crippen LogP contribution is -2.52. The monoisotopic (exact) mass is 385 g/mol. The number of carbonyl (C=O) groups is 3. The Labute approximate surface area is 165 Å². The number of rotatable bonds is 5. The molecule has 7 heteroatoms. The van der Waals surface area contributed by atoms with E-state index in [-0.39, 0.29) is 30.2 Å². The Morgan fingerprint density at radius 3 is 2.79 bits per heavy atom. The number of fused-ring (bicyclic) bond motifs is 1. The van der Waals surface area contributed by atoms with Crippen LogP contribution in [0.25, 0.3) is 0 Å². The molecule has 150 valence electrons. The molecule has 0 radical (unpaired) electrons. The Bertz CT molecular complexity index is 809. The first-order valence-electron chi connectivity index (χ1n) is 10.1. The Hall–Kier alpha value is -2.41. The summed E-state index contributed by atoms with van der Waals surface area (Å²) < 4.78 is 6.29. The summed E-state index contributed by atoms with van der Waals surface area (Å²) in [6.07, 6.45) is 4.13. The Balaban J connectivity index is 1.48. The standard InChI is InChI=1S/C21H27N3O4/c1-3-23(2)16-5-4-6-18(16)28-14-7-8-15-13(11-14)12-24(21(15)27)17-9-10-19(25)22-20(17)26/h7-8,11,16-18H,3-6,9-10,12H2,1-2H3,(H,22,25,26)/t16-,17?,18-/m1/s1. The number of hydrogen-bond acceptors (Lipinski definition) is 5. The quantitative estimate of drug-likeness (QED) is 0.781. The van der Waals surface area contributed by atoms with Gasteiger partial charge >= 0.3 is 0 Å². The number of amides is 3. The number of carbonyl (C=O) groups excluding carboxylic acids is 3. The highest BCUT2D eigenvalue weighted by atomic mass is 16.5. The van der Waals surface area contributed by atoms with Crippen molar-refractivity contribution >= 4 is 17.7 Å². The summed E-state index contributed by atoms with van der Waals surface area (Å²) >= 11 is 0. The van der Waals surface area contributed by atoms with Crippen LogP contribution >= 0.6 is 0 Å². The van der Waals surface area contributed by atoms with Crippen LogP contribution in [-0.2, 0) is 16.1 Å². The van der Waals surface area contributed by atoms with E-state index in [0.717, 1.165) is 37.1 Å². The van der Waals surface area contributed by atoms with Gasteiger partial charge in [0.2, 0.25) is 11.8 Å². The van der Waals surface area contributed by atoms with Crippen LogP contribution in [0.5, 0.6) is 5.75 Å². The lowest BCUT2D eigenvalue weighted by atomic mass is 10.0. The van der Waals surface area contributed by atoms with Gasteiger partial charge in [0.1, 0.15) is 17.9 Å². The van der Waals surface area contributed by atoms with E-state index in [1.807, 2.05) is 12.1 Å². The molecule has 1 saturated heterocycles. The van der Waals surface area contributed by atoms with E-state index >= 15 is 0 Å². The first kappa shape index (κ1) is 18.9. The molecule has 7 nitrogen and oxygen atoms in total. The van der Waals surface area contributed by atoms with Gasteiger partial charge in [-0.15, -0.1) is 0 Å². The SMILES string of the molecule is CCN(C)[C@@H]1CCC[C@H]1Oc1ccc2c(c1)CN(C1CCC(=O)NC1=O)C2=O. The van der Waals surface area contributed by atoms with Crippen LogP contribution in [0.15, 0.2) is 18.2 Å². The molecule has 4 rings (SSSR count). The second-order valence-electron chi connectivity index (χ2n) is 7.95. The van der Waals surface area contributed by atoms with E-state index in [9.17, 15) is 14.4 Å². The fraction of sp³-hybridized carbons (Fsp3) is 0.571. The van der Waals surface area contributed by atoms with E-state index in [0.29, 0.717) is 24.6 Å². The number of ether oxygens (including phenoxy) is 1. The fourth-order valence-corrected chi connectivity index (χ4v) is 4.58. The van der Waals surface area contributed by atoms with Crippen molar-refractivity contribution < 1.29 is 19.1 Å². The van der Waals surface area contributed by atoms with Crippen molar-refractivity contribution in [2.45, 2.75) is 63.8 Å². The molecule has 0 spiro atoms. The zero-order valence-corrected chi connectivity index (χ0v) is 16.4. The smallest absolute Gasteiger partial charge is 0.255 e. The number of imide groups is 1. The molecule has 1 aliphatic carbocycles. The maximum absolute atomic E-state index is 12.8. The van der Waals surface area contributed by atoms with Crippen LogP contribution in [0.3, 0.4) is 0 Å². The summed E-state index contributed by atoms with van der Waals surface area (Å²) in [4.78, 5) is 40.2. The Kier molecular flexibility index (Phi) is 5.10. The number of hydrogen-bond donors (Lipinski definition) is 1. The van der Waals surface area contributed by atoms with Crippen molar-refractivity contribution in [3.63, 3.8) is 0 Å². The minimum absolute atomic E-state index is 0.152. The van der Waals surface area contributed by atoms with Crippen molar-refractivity contribution in [2.24, 2.45) is 0 Å². The molecule has 3 atom stereocenters. The minimum atomic E-state index is -0.584. The lowest BCUT2D eigenvalue weighted by molar-refractivity contribution is -0.136. The molecular formula is C21H27N3O4. The molecular weight excluding hydrogens is 358 g/mol. The molecule has 2 fully saturated rings. The van der Waals surface area contributed by atoms with E-state index in [1.54, 1.807) is 11.0 Å². The predicted molar refractivity (Wildman–Crippen MR) is 103 cm³/mol. The summed E-state index contributed by atoms with van der Waals surface area (Å²) in [5, 5.41) is 2.33. The van der Waals surface area contributed by atoms with Crippen molar-refractivity contribution in [1.82, 2.24) is 15.1 Å². The van der Waals surface area contributed by atoms with Crippen LogP contribution in [0.4, 0.5) is 0 Å². The Morgan fingerprint density at radius 2 is 2.04 bits per heavy atom. The van der Waals surface area contributed by atoms with E-state index in [4.69, 9.17) is 4.74 Å². The average Bonchev–Trinajstić information content (AvgIpc) is 3.26. The molecule has 1 aromatic carbocycles. The van der Waals surface area contributed by atoms with Gasteiger partial charge < -0.3 is 14.5 Å². The van der Waals surface area contributed by atoms with Crippen molar-refractivity contribution in [2.75, 3.05) is 13.6 Å². The molecule has 1 unspecified atom stereocenters. The third kappa shape index (κ3) is 3.39. The Morgan fingerprint density at radius 1 is 1.21 bits per heavy atom. The molecule has 1 aromatic rings. The molecule has 3 amide bonds. The number of piperidine rings is 1. The second-order valence-corrected chi connectivity index (χ2v) is 7.95. The largest absolute Gasteiger partial charge is 0.489 e. The highest BCUT2D eigenvalue weighted by molar-refractivity contribution is 6.05. The summed E-state index contributed by atoms with van der Waals surface area (Å²) in [6.45, 7) is 3.52. The van der Waals surface area contributed by atoms with Crippen molar-refractivity contribution in [3.05, 3.63) is 29.3 Å². The fourth-order valence-electron chi connectivity index (χ4n) is 4.58. The van der Waals surface area contributed by atoms with Gasteiger partial charge in [-0.2, -0.15) is 0 Å². The summed E-state index contributed by atoms with van der Waals surface area (Å²) in [6, 6.07) is 5.41. The molecule has 1 saturated carbocycles. The number of nitrogens with zero attached hydrogens (tertiary/aromatic N) is 2. The second kappa shape index (κ2) is 7.54. The maximum atomic E-state index is 12.8. The molecule has 28 heavy (non-hydrogen) atoms. The van der Waals surface area contributed by atoms with Crippen LogP contribution in [0, 0.1) is 0 Å². The van der Waals surface area contributed by atoms with Gasteiger partial charge in [-0.25, -0.2) is 0 Å². The van der Waals surface area contributed by atoms with Gasteiger partial charge in [0.15, 0.2) is 0 Å². The first-order valence-corrected chi connectivity index (χ1v) is 10.1. The zero-order valence-electron chi connectivity index (χ0n) is 16.4. The summed E-state index contributed by atoms with van der Waals surface area (Å²) in [5.74, 6) is -0.0341. The van der Waals surface area contributed by atoms with Crippen LogP contribution < -0.4 is 10.1 Å². The predicted octanol–water partition coefficient (Wildman–Crippen LogP) is 1.70. The van der Waals surface area contributed by atoms with Gasteiger partial charge in [0.25, 0.3) is 5.91 Å². The summed E-state index contributed by atoms with van der Waals surface area (Å²) in [7, 11) is 2.13. The van der Waals surface area contributed by atoms with Crippen molar-refractivity contribution in [1.29, 1.82) is 0 Å². The maximum Gasteiger partial charge on any atom is 0.255 e. The van der Waals surface area contributed by atoms with Gasteiger partial charge in [-0.05, 0) is 63.0 Å². The van der Waals surface area contributed by atoms with Gasteiger partial charge in [0.05, 0.1) is 0 Å². The summed E-state index contributed by atoms with van der Waals surface area (Å²) in [5.41, 5.74) is 1.50. The number of nitrogens with one attached hydrogen (secondary N) is 1. The average molecular weight is 385 g/mol.